The Morgan fingerprint density at radius 1 is 1.38 bits per heavy atom. The third-order valence-corrected chi connectivity index (χ3v) is 4.38. The van der Waals surface area contributed by atoms with Crippen molar-refractivity contribution in [3.8, 4) is 11.5 Å². The standard InChI is InChI=1S/C17H20F2N2O4S/c1-5-24-15(22)13-9(2)21(3)17(26)20-14(13)10-6-7-11(25-16(18)19)12(8-10)23-4/h6-8,14,16H,5H2,1-4H3,(H,20,26). The maximum Gasteiger partial charge on any atom is 0.387 e. The van der Waals surface area contributed by atoms with Gasteiger partial charge in [-0.15, -0.1) is 0 Å². The second-order valence-corrected chi connectivity index (χ2v) is 5.84. The van der Waals surface area contributed by atoms with Gasteiger partial charge in [0.2, 0.25) is 0 Å². The second-order valence-electron chi connectivity index (χ2n) is 5.45. The van der Waals surface area contributed by atoms with Crippen molar-refractivity contribution in [3.63, 3.8) is 0 Å². The molecule has 0 aliphatic carbocycles. The molecule has 0 radical (unpaired) electrons. The number of methoxy groups -OCH3 is 1. The first-order valence-corrected chi connectivity index (χ1v) is 8.25. The topological polar surface area (TPSA) is 60.0 Å². The van der Waals surface area contributed by atoms with Gasteiger partial charge in [-0.1, -0.05) is 6.07 Å². The molecule has 0 amide bonds. The molecule has 0 bridgehead atoms. The fourth-order valence-electron chi connectivity index (χ4n) is 2.62. The Balaban J connectivity index is 2.50. The van der Waals surface area contributed by atoms with Crippen LogP contribution in [0.15, 0.2) is 29.5 Å². The molecule has 142 valence electrons. The minimum absolute atomic E-state index is 0.0971. The molecule has 1 aromatic carbocycles. The van der Waals surface area contributed by atoms with Crippen LogP contribution in [0.4, 0.5) is 8.78 Å². The summed E-state index contributed by atoms with van der Waals surface area (Å²) in [5, 5.41) is 3.49. The van der Waals surface area contributed by atoms with E-state index in [-0.39, 0.29) is 18.1 Å². The number of allylic oxidation sites excluding steroid dienone is 1. The minimum atomic E-state index is -2.97. The Morgan fingerprint density at radius 3 is 2.65 bits per heavy atom. The lowest BCUT2D eigenvalue weighted by Crippen LogP contribution is -2.46. The highest BCUT2D eigenvalue weighted by Gasteiger charge is 2.33. The first kappa shape index (κ1) is 19.9. The lowest BCUT2D eigenvalue weighted by molar-refractivity contribution is -0.139. The quantitative estimate of drug-likeness (QED) is 0.596. The van der Waals surface area contributed by atoms with Gasteiger partial charge >= 0.3 is 12.6 Å². The van der Waals surface area contributed by atoms with Gasteiger partial charge in [-0.2, -0.15) is 8.78 Å². The van der Waals surface area contributed by atoms with Gasteiger partial charge in [0, 0.05) is 12.7 Å². The SMILES string of the molecule is CCOC(=O)C1=C(C)N(C)C(=S)NC1c1ccc(OC(F)F)c(OC)c1. The molecule has 0 aromatic heterocycles. The lowest BCUT2D eigenvalue weighted by Gasteiger charge is -2.35. The van der Waals surface area contributed by atoms with Crippen LogP contribution < -0.4 is 14.8 Å². The number of carbonyl (C=O) groups is 1. The van der Waals surface area contributed by atoms with Crippen molar-refractivity contribution >= 4 is 23.3 Å². The van der Waals surface area contributed by atoms with Gasteiger partial charge in [-0.25, -0.2) is 4.79 Å². The van der Waals surface area contributed by atoms with Crippen LogP contribution in [0, 0.1) is 0 Å². The van der Waals surface area contributed by atoms with Crippen LogP contribution in [0.3, 0.4) is 0 Å². The molecule has 1 aliphatic heterocycles. The zero-order valence-corrected chi connectivity index (χ0v) is 15.7. The predicted octanol–water partition coefficient (Wildman–Crippen LogP) is 2.99. The molecule has 9 heteroatoms. The van der Waals surface area contributed by atoms with Crippen molar-refractivity contribution in [2.24, 2.45) is 0 Å². The van der Waals surface area contributed by atoms with Gasteiger partial charge in [0.25, 0.3) is 0 Å². The number of nitrogens with zero attached hydrogens (tertiary/aromatic N) is 1. The van der Waals surface area contributed by atoms with Crippen molar-refractivity contribution in [1.82, 2.24) is 10.2 Å². The van der Waals surface area contributed by atoms with E-state index in [0.717, 1.165) is 0 Å². The van der Waals surface area contributed by atoms with Crippen LogP contribution >= 0.6 is 12.2 Å². The molecule has 2 rings (SSSR count). The van der Waals surface area contributed by atoms with E-state index in [0.29, 0.717) is 21.9 Å². The molecule has 1 heterocycles. The molecule has 0 fully saturated rings. The highest BCUT2D eigenvalue weighted by Crippen LogP contribution is 2.36. The molecule has 0 saturated heterocycles. The summed E-state index contributed by atoms with van der Waals surface area (Å²) >= 11 is 5.30. The Kier molecular flexibility index (Phi) is 6.36. The summed E-state index contributed by atoms with van der Waals surface area (Å²) in [5.41, 5.74) is 1.62. The summed E-state index contributed by atoms with van der Waals surface area (Å²) in [4.78, 5) is 14.1. The van der Waals surface area contributed by atoms with Crippen LogP contribution in [-0.4, -0.2) is 43.4 Å². The van der Waals surface area contributed by atoms with E-state index < -0.39 is 18.6 Å². The second kappa shape index (κ2) is 8.31. The molecule has 1 unspecified atom stereocenters. The van der Waals surface area contributed by atoms with Crippen LogP contribution in [0.2, 0.25) is 0 Å². The number of carbonyl (C=O) groups excluding carboxylic acids is 1. The Bertz CT molecular complexity index is 739. The molecule has 26 heavy (non-hydrogen) atoms. The molecule has 0 saturated carbocycles. The monoisotopic (exact) mass is 386 g/mol. The smallest absolute Gasteiger partial charge is 0.387 e. The highest BCUT2D eigenvalue weighted by molar-refractivity contribution is 7.80. The van der Waals surface area contributed by atoms with Crippen LogP contribution in [0.25, 0.3) is 0 Å². The molecule has 1 atom stereocenters. The summed E-state index contributed by atoms with van der Waals surface area (Å²) in [7, 11) is 3.08. The van der Waals surface area contributed by atoms with Crippen molar-refractivity contribution in [2.45, 2.75) is 26.5 Å². The molecular weight excluding hydrogens is 366 g/mol. The first-order valence-electron chi connectivity index (χ1n) is 7.85. The van der Waals surface area contributed by atoms with Crippen LogP contribution in [0.5, 0.6) is 11.5 Å². The van der Waals surface area contributed by atoms with Gasteiger partial charge in [0.1, 0.15) is 0 Å². The Morgan fingerprint density at radius 2 is 2.08 bits per heavy atom. The number of hydrogen-bond acceptors (Lipinski definition) is 5. The number of benzene rings is 1. The maximum atomic E-state index is 12.5. The third kappa shape index (κ3) is 4.04. The van der Waals surface area contributed by atoms with Crippen molar-refractivity contribution < 1.29 is 27.8 Å². The number of esters is 1. The molecule has 6 nitrogen and oxygen atoms in total. The van der Waals surface area contributed by atoms with E-state index in [1.54, 1.807) is 31.9 Å². The zero-order chi connectivity index (χ0) is 19.4. The number of alkyl halides is 2. The van der Waals surface area contributed by atoms with Gasteiger partial charge < -0.3 is 24.4 Å². The molecule has 1 aromatic rings. The van der Waals surface area contributed by atoms with E-state index in [1.807, 2.05) is 0 Å². The molecular formula is C17H20F2N2O4S. The number of hydrogen-bond donors (Lipinski definition) is 1. The fraction of sp³-hybridized carbons (Fsp3) is 0.412. The van der Waals surface area contributed by atoms with E-state index in [4.69, 9.17) is 21.7 Å². The summed E-state index contributed by atoms with van der Waals surface area (Å²) < 4.78 is 39.7. The van der Waals surface area contributed by atoms with Gasteiger partial charge in [0.05, 0.1) is 25.3 Å². The molecule has 0 spiro atoms. The van der Waals surface area contributed by atoms with Gasteiger partial charge in [-0.3, -0.25) is 0 Å². The normalized spacial score (nSPS) is 17.3. The molecule has 1 N–H and O–H groups in total. The van der Waals surface area contributed by atoms with E-state index in [9.17, 15) is 13.6 Å². The summed E-state index contributed by atoms with van der Waals surface area (Å²) in [6.45, 7) is 0.729. The fourth-order valence-corrected chi connectivity index (χ4v) is 2.87. The summed E-state index contributed by atoms with van der Waals surface area (Å²) in [5.74, 6) is -0.459. The number of nitrogens with one attached hydrogen (secondary N) is 1. The highest BCUT2D eigenvalue weighted by atomic mass is 32.1. The average Bonchev–Trinajstić information content (AvgIpc) is 2.59. The van der Waals surface area contributed by atoms with E-state index >= 15 is 0 Å². The number of thiocarbonyl (C=S) groups is 1. The van der Waals surface area contributed by atoms with Crippen LogP contribution in [-0.2, 0) is 9.53 Å². The summed E-state index contributed by atoms with van der Waals surface area (Å²) in [6.07, 6.45) is 0. The maximum absolute atomic E-state index is 12.5. The van der Waals surface area contributed by atoms with Crippen molar-refractivity contribution in [1.29, 1.82) is 0 Å². The van der Waals surface area contributed by atoms with Crippen molar-refractivity contribution in [3.05, 3.63) is 35.0 Å². The lowest BCUT2D eigenvalue weighted by atomic mass is 9.95. The van der Waals surface area contributed by atoms with Gasteiger partial charge in [-0.05, 0) is 43.8 Å². The Labute approximate surface area is 155 Å². The zero-order valence-electron chi connectivity index (χ0n) is 14.8. The largest absolute Gasteiger partial charge is 0.493 e. The Hall–Kier alpha value is -2.42. The van der Waals surface area contributed by atoms with E-state index in [1.165, 1.54) is 19.2 Å². The molecule has 1 aliphatic rings. The van der Waals surface area contributed by atoms with E-state index in [2.05, 4.69) is 10.1 Å². The number of halogens is 2. The van der Waals surface area contributed by atoms with Crippen LogP contribution in [0.1, 0.15) is 25.5 Å². The summed E-state index contributed by atoms with van der Waals surface area (Å²) in [6, 6.07) is 3.85. The van der Waals surface area contributed by atoms with Crippen molar-refractivity contribution in [2.75, 3.05) is 20.8 Å². The average molecular weight is 386 g/mol. The number of rotatable bonds is 6. The third-order valence-electron chi connectivity index (χ3n) is 3.99. The predicted molar refractivity (Wildman–Crippen MR) is 95.2 cm³/mol. The van der Waals surface area contributed by atoms with Gasteiger partial charge in [0.15, 0.2) is 16.6 Å². The minimum Gasteiger partial charge on any atom is -0.493 e. The number of ether oxygens (including phenoxy) is 3. The first-order chi connectivity index (χ1) is 12.3.